The molecule has 0 aliphatic heterocycles. The zero-order valence-electron chi connectivity index (χ0n) is 10.4. The summed E-state index contributed by atoms with van der Waals surface area (Å²) in [5.74, 6) is 0.0436. The smallest absolute Gasteiger partial charge is 0.261 e. The molecule has 5 nitrogen and oxygen atoms in total. The van der Waals surface area contributed by atoms with Crippen molar-refractivity contribution < 1.29 is 18.7 Å². The van der Waals surface area contributed by atoms with Crippen molar-refractivity contribution in [2.24, 2.45) is 10.9 Å². The van der Waals surface area contributed by atoms with Crippen LogP contribution in [0.1, 0.15) is 11.1 Å². The highest BCUT2D eigenvalue weighted by molar-refractivity contribution is 5.97. The summed E-state index contributed by atoms with van der Waals surface area (Å²) in [5, 5.41) is 14.5. The van der Waals surface area contributed by atoms with Crippen LogP contribution in [0, 0.1) is 0 Å². The molecule has 7 heteroatoms. The van der Waals surface area contributed by atoms with Gasteiger partial charge >= 0.3 is 0 Å². The second kappa shape index (κ2) is 8.39. The van der Waals surface area contributed by atoms with Crippen LogP contribution in [0.25, 0.3) is 0 Å². The molecular weight excluding hydrogens is 256 g/mol. The highest BCUT2D eigenvalue weighted by atomic mass is 19.3. The number of nitrogens with two attached hydrogens (primary N) is 1. The summed E-state index contributed by atoms with van der Waals surface area (Å²) in [6.45, 7) is 0.704. The summed E-state index contributed by atoms with van der Waals surface area (Å²) >= 11 is 0. The number of rotatable bonds is 8. The third-order valence-electron chi connectivity index (χ3n) is 2.33. The van der Waals surface area contributed by atoms with Crippen LogP contribution in [0.4, 0.5) is 8.78 Å². The predicted octanol–water partition coefficient (Wildman–Crippen LogP) is 1.15. The molecule has 106 valence electrons. The van der Waals surface area contributed by atoms with Crippen molar-refractivity contribution in [3.8, 4) is 0 Å². The Morgan fingerprint density at radius 3 is 2.95 bits per heavy atom. The van der Waals surface area contributed by atoms with E-state index in [9.17, 15) is 8.78 Å². The standard InChI is InChI=1S/C12H17F2N3O2/c13-11(14)8-19-5-4-16-7-9-2-1-3-10(6-9)12(15)17-18/h1-3,6,11,16,18H,4-5,7-8H2,(H2,15,17). The van der Waals surface area contributed by atoms with Gasteiger partial charge in [-0.2, -0.15) is 0 Å². The minimum atomic E-state index is -2.43. The predicted molar refractivity (Wildman–Crippen MR) is 67.5 cm³/mol. The normalized spacial score (nSPS) is 12.1. The van der Waals surface area contributed by atoms with E-state index in [-0.39, 0.29) is 12.4 Å². The molecule has 0 aliphatic rings. The molecule has 0 aliphatic carbocycles. The summed E-state index contributed by atoms with van der Waals surface area (Å²) in [4.78, 5) is 0. The van der Waals surface area contributed by atoms with Crippen molar-refractivity contribution in [3.63, 3.8) is 0 Å². The van der Waals surface area contributed by atoms with Crippen molar-refractivity contribution in [1.29, 1.82) is 0 Å². The molecule has 0 saturated carbocycles. The number of hydrogen-bond acceptors (Lipinski definition) is 4. The first-order valence-electron chi connectivity index (χ1n) is 5.77. The van der Waals surface area contributed by atoms with E-state index in [1.54, 1.807) is 18.2 Å². The van der Waals surface area contributed by atoms with Gasteiger partial charge in [-0.3, -0.25) is 0 Å². The van der Waals surface area contributed by atoms with Gasteiger partial charge in [0.15, 0.2) is 5.84 Å². The molecule has 0 unspecified atom stereocenters. The Morgan fingerprint density at radius 2 is 2.26 bits per heavy atom. The van der Waals surface area contributed by atoms with E-state index in [0.29, 0.717) is 18.7 Å². The third-order valence-corrected chi connectivity index (χ3v) is 2.33. The summed E-state index contributed by atoms with van der Waals surface area (Å²) in [6.07, 6.45) is -2.43. The van der Waals surface area contributed by atoms with Crippen molar-refractivity contribution in [2.75, 3.05) is 19.8 Å². The number of benzene rings is 1. The molecule has 4 N–H and O–H groups in total. The number of nitrogens with zero attached hydrogens (tertiary/aromatic N) is 1. The zero-order valence-corrected chi connectivity index (χ0v) is 10.4. The quantitative estimate of drug-likeness (QED) is 0.218. The van der Waals surface area contributed by atoms with Gasteiger partial charge in [0, 0.05) is 18.7 Å². The maximum atomic E-state index is 11.8. The molecule has 19 heavy (non-hydrogen) atoms. The first-order chi connectivity index (χ1) is 9.13. The highest BCUT2D eigenvalue weighted by Crippen LogP contribution is 2.04. The van der Waals surface area contributed by atoms with Crippen molar-refractivity contribution in [1.82, 2.24) is 5.32 Å². The van der Waals surface area contributed by atoms with Gasteiger partial charge in [0.2, 0.25) is 0 Å². The van der Waals surface area contributed by atoms with Crippen LogP contribution >= 0.6 is 0 Å². The second-order valence-corrected chi connectivity index (χ2v) is 3.83. The van der Waals surface area contributed by atoms with Gasteiger partial charge in [-0.25, -0.2) is 8.78 Å². The van der Waals surface area contributed by atoms with E-state index < -0.39 is 13.0 Å². The van der Waals surface area contributed by atoms with E-state index in [0.717, 1.165) is 5.56 Å². The molecule has 1 rings (SSSR count). The average molecular weight is 273 g/mol. The van der Waals surface area contributed by atoms with Crippen LogP contribution in [0.5, 0.6) is 0 Å². The molecule has 0 amide bonds. The van der Waals surface area contributed by atoms with Crippen LogP contribution < -0.4 is 11.1 Å². The monoisotopic (exact) mass is 273 g/mol. The molecule has 0 heterocycles. The van der Waals surface area contributed by atoms with Crippen LogP contribution in [0.2, 0.25) is 0 Å². The Kier molecular flexibility index (Phi) is 6.76. The molecule has 1 aromatic carbocycles. The van der Waals surface area contributed by atoms with E-state index in [1.807, 2.05) is 6.07 Å². The van der Waals surface area contributed by atoms with Crippen LogP contribution in [0.3, 0.4) is 0 Å². The van der Waals surface area contributed by atoms with Crippen LogP contribution in [-0.4, -0.2) is 37.2 Å². The van der Waals surface area contributed by atoms with Gasteiger partial charge in [-0.15, -0.1) is 0 Å². The van der Waals surface area contributed by atoms with E-state index in [4.69, 9.17) is 15.7 Å². The van der Waals surface area contributed by atoms with Gasteiger partial charge in [-0.1, -0.05) is 23.4 Å². The number of amidine groups is 1. The number of alkyl halides is 2. The number of hydrogen-bond donors (Lipinski definition) is 3. The fourth-order valence-corrected chi connectivity index (χ4v) is 1.45. The van der Waals surface area contributed by atoms with Crippen molar-refractivity contribution in [3.05, 3.63) is 35.4 Å². The maximum Gasteiger partial charge on any atom is 0.261 e. The summed E-state index contributed by atoms with van der Waals surface area (Å²) in [7, 11) is 0. The van der Waals surface area contributed by atoms with Gasteiger partial charge in [0.25, 0.3) is 6.43 Å². The van der Waals surface area contributed by atoms with Crippen LogP contribution in [-0.2, 0) is 11.3 Å². The van der Waals surface area contributed by atoms with Gasteiger partial charge in [0.05, 0.1) is 6.61 Å². The zero-order chi connectivity index (χ0) is 14.1. The van der Waals surface area contributed by atoms with E-state index >= 15 is 0 Å². The Labute approximate surface area is 110 Å². The molecule has 0 saturated heterocycles. The van der Waals surface area contributed by atoms with Gasteiger partial charge < -0.3 is 21.0 Å². The Hall–Kier alpha value is -1.73. The topological polar surface area (TPSA) is 79.9 Å². The summed E-state index contributed by atoms with van der Waals surface area (Å²) < 4.78 is 28.3. The Morgan fingerprint density at radius 1 is 1.47 bits per heavy atom. The number of halogens is 2. The molecule has 0 bridgehead atoms. The molecule has 0 fully saturated rings. The van der Waals surface area contributed by atoms with Crippen molar-refractivity contribution in [2.45, 2.75) is 13.0 Å². The first-order valence-corrected chi connectivity index (χ1v) is 5.77. The summed E-state index contributed by atoms with van der Waals surface area (Å²) in [6, 6.07) is 7.17. The lowest BCUT2D eigenvalue weighted by molar-refractivity contribution is 0.0187. The van der Waals surface area contributed by atoms with E-state index in [2.05, 4.69) is 10.5 Å². The second-order valence-electron chi connectivity index (χ2n) is 3.83. The first kappa shape index (κ1) is 15.3. The SMILES string of the molecule is N/C(=N/O)c1cccc(CNCCOCC(F)F)c1. The van der Waals surface area contributed by atoms with E-state index in [1.165, 1.54) is 0 Å². The average Bonchev–Trinajstić information content (AvgIpc) is 2.41. The molecule has 0 spiro atoms. The molecule has 0 aromatic heterocycles. The molecular formula is C12H17F2N3O2. The Balaban J connectivity index is 2.30. The minimum absolute atomic E-state index is 0.0436. The van der Waals surface area contributed by atoms with Crippen molar-refractivity contribution >= 4 is 5.84 Å². The minimum Gasteiger partial charge on any atom is -0.409 e. The van der Waals surface area contributed by atoms with Crippen LogP contribution in [0.15, 0.2) is 29.4 Å². The fraction of sp³-hybridized carbons (Fsp3) is 0.417. The Bertz CT molecular complexity index is 414. The number of nitrogens with one attached hydrogen (secondary N) is 1. The lowest BCUT2D eigenvalue weighted by atomic mass is 10.1. The lowest BCUT2D eigenvalue weighted by Gasteiger charge is -2.07. The molecule has 0 atom stereocenters. The fourth-order valence-electron chi connectivity index (χ4n) is 1.45. The molecule has 0 radical (unpaired) electrons. The lowest BCUT2D eigenvalue weighted by Crippen LogP contribution is -2.21. The maximum absolute atomic E-state index is 11.8. The van der Waals surface area contributed by atoms with Gasteiger partial charge in [-0.05, 0) is 11.6 Å². The largest absolute Gasteiger partial charge is 0.409 e. The number of ether oxygens (including phenoxy) is 1. The summed E-state index contributed by atoms with van der Waals surface area (Å²) in [5.41, 5.74) is 7.04. The molecule has 1 aromatic rings. The third kappa shape index (κ3) is 6.12. The number of oxime groups is 1. The highest BCUT2D eigenvalue weighted by Gasteiger charge is 2.02. The van der Waals surface area contributed by atoms with Gasteiger partial charge in [0.1, 0.15) is 6.61 Å².